The molecule has 0 radical (unpaired) electrons. The zero-order valence-electron chi connectivity index (χ0n) is 9.73. The molecule has 2 heteroatoms. The van der Waals surface area contributed by atoms with Crippen LogP contribution in [0, 0.1) is 6.92 Å². The van der Waals surface area contributed by atoms with Gasteiger partial charge in [-0.1, -0.05) is 24.3 Å². The number of likely N-dealkylation sites (N-methyl/N-ethyl adjacent to an activating group) is 1. The largest absolute Gasteiger partial charge is 0.313 e. The fourth-order valence-corrected chi connectivity index (χ4v) is 2.63. The molecule has 1 unspecified atom stereocenters. The molecule has 0 bridgehead atoms. The maximum Gasteiger partial charge on any atom is 0.0366 e. The van der Waals surface area contributed by atoms with Crippen molar-refractivity contribution in [3.05, 3.63) is 57.8 Å². The molecule has 0 fully saturated rings. The van der Waals surface area contributed by atoms with E-state index in [0.29, 0.717) is 6.04 Å². The van der Waals surface area contributed by atoms with Crippen molar-refractivity contribution in [3.63, 3.8) is 0 Å². The Hall–Kier alpha value is -1.12. The van der Waals surface area contributed by atoms with Gasteiger partial charge in [0.1, 0.15) is 0 Å². The van der Waals surface area contributed by atoms with Crippen molar-refractivity contribution in [3.8, 4) is 0 Å². The van der Waals surface area contributed by atoms with Gasteiger partial charge in [-0.05, 0) is 53.9 Å². The van der Waals surface area contributed by atoms with Gasteiger partial charge in [-0.15, -0.1) is 0 Å². The molecule has 84 valence electrons. The molecule has 0 saturated carbocycles. The van der Waals surface area contributed by atoms with Crippen LogP contribution in [-0.2, 0) is 6.42 Å². The number of hydrogen-bond donors (Lipinski definition) is 1. The number of hydrogen-bond acceptors (Lipinski definition) is 2. The summed E-state index contributed by atoms with van der Waals surface area (Å²) in [4.78, 5) is 0. The molecule has 0 aliphatic heterocycles. The van der Waals surface area contributed by atoms with Gasteiger partial charge in [0.25, 0.3) is 0 Å². The molecule has 0 spiro atoms. The van der Waals surface area contributed by atoms with E-state index in [4.69, 9.17) is 0 Å². The van der Waals surface area contributed by atoms with Gasteiger partial charge in [0.15, 0.2) is 0 Å². The molecule has 1 heterocycles. The van der Waals surface area contributed by atoms with Crippen LogP contribution in [0.25, 0.3) is 0 Å². The van der Waals surface area contributed by atoms with E-state index in [1.807, 2.05) is 7.05 Å². The van der Waals surface area contributed by atoms with Crippen molar-refractivity contribution in [1.82, 2.24) is 5.32 Å². The third kappa shape index (κ3) is 2.52. The van der Waals surface area contributed by atoms with E-state index in [9.17, 15) is 0 Å². The Morgan fingerprint density at radius 2 is 2.06 bits per heavy atom. The van der Waals surface area contributed by atoms with Crippen LogP contribution in [0.4, 0.5) is 0 Å². The summed E-state index contributed by atoms with van der Waals surface area (Å²) >= 11 is 1.76. The van der Waals surface area contributed by atoms with Crippen molar-refractivity contribution in [2.75, 3.05) is 7.05 Å². The van der Waals surface area contributed by atoms with Crippen LogP contribution in [0.1, 0.15) is 22.7 Å². The van der Waals surface area contributed by atoms with Crippen LogP contribution in [-0.4, -0.2) is 7.05 Å². The molecule has 2 aromatic rings. The molecule has 1 nitrogen and oxygen atoms in total. The second-order valence-corrected chi connectivity index (χ2v) is 4.81. The van der Waals surface area contributed by atoms with E-state index < -0.39 is 0 Å². The Morgan fingerprint density at radius 3 is 2.69 bits per heavy atom. The quantitative estimate of drug-likeness (QED) is 0.848. The van der Waals surface area contributed by atoms with E-state index in [1.165, 1.54) is 16.7 Å². The smallest absolute Gasteiger partial charge is 0.0366 e. The number of thiophene rings is 1. The highest BCUT2D eigenvalue weighted by atomic mass is 32.1. The van der Waals surface area contributed by atoms with Gasteiger partial charge in [0.2, 0.25) is 0 Å². The summed E-state index contributed by atoms with van der Waals surface area (Å²) in [5.74, 6) is 0. The molecule has 2 rings (SSSR count). The maximum absolute atomic E-state index is 3.39. The number of benzene rings is 1. The summed E-state index contributed by atoms with van der Waals surface area (Å²) in [6.07, 6.45) is 1.06. The average molecular weight is 231 g/mol. The van der Waals surface area contributed by atoms with Gasteiger partial charge in [0, 0.05) is 6.04 Å². The lowest BCUT2D eigenvalue weighted by molar-refractivity contribution is 0.592. The molecule has 16 heavy (non-hydrogen) atoms. The van der Waals surface area contributed by atoms with Crippen LogP contribution in [0.5, 0.6) is 0 Å². The highest BCUT2D eigenvalue weighted by molar-refractivity contribution is 7.07. The van der Waals surface area contributed by atoms with Crippen LogP contribution >= 0.6 is 11.3 Å². The predicted octanol–water partition coefficient (Wildman–Crippen LogP) is 3.56. The predicted molar refractivity (Wildman–Crippen MR) is 71.0 cm³/mol. The fraction of sp³-hybridized carbons (Fsp3) is 0.286. The first-order chi connectivity index (χ1) is 7.81. The third-order valence-corrected chi connectivity index (χ3v) is 3.68. The van der Waals surface area contributed by atoms with Crippen LogP contribution in [0.2, 0.25) is 0 Å². The van der Waals surface area contributed by atoms with E-state index in [2.05, 4.69) is 53.3 Å². The summed E-state index contributed by atoms with van der Waals surface area (Å²) in [6, 6.07) is 11.2. The zero-order chi connectivity index (χ0) is 11.4. The summed E-state index contributed by atoms with van der Waals surface area (Å²) in [5, 5.41) is 7.74. The minimum absolute atomic E-state index is 0.423. The van der Waals surface area contributed by atoms with Crippen LogP contribution in [0.3, 0.4) is 0 Å². The van der Waals surface area contributed by atoms with E-state index in [0.717, 1.165) is 6.42 Å². The molecule has 1 aromatic carbocycles. The molecule has 1 N–H and O–H groups in total. The molecule has 0 aliphatic rings. The van der Waals surface area contributed by atoms with E-state index >= 15 is 0 Å². The Kier molecular flexibility index (Phi) is 3.75. The molecule has 0 saturated heterocycles. The lowest BCUT2D eigenvalue weighted by Crippen LogP contribution is -2.18. The van der Waals surface area contributed by atoms with Crippen molar-refractivity contribution in [2.45, 2.75) is 19.4 Å². The first kappa shape index (κ1) is 11.4. The van der Waals surface area contributed by atoms with Crippen molar-refractivity contribution in [2.24, 2.45) is 0 Å². The normalized spacial score (nSPS) is 12.6. The Bertz CT molecular complexity index is 434. The van der Waals surface area contributed by atoms with Gasteiger partial charge in [-0.2, -0.15) is 11.3 Å². The fourth-order valence-electron chi connectivity index (χ4n) is 1.92. The molecular formula is C14H17NS. The average Bonchev–Trinajstić information content (AvgIpc) is 2.81. The lowest BCUT2D eigenvalue weighted by Gasteiger charge is -2.16. The van der Waals surface area contributed by atoms with Crippen LogP contribution in [0.15, 0.2) is 41.1 Å². The Labute approximate surface area is 101 Å². The number of rotatable bonds is 4. The summed E-state index contributed by atoms with van der Waals surface area (Å²) in [5.41, 5.74) is 4.18. The molecule has 0 amide bonds. The van der Waals surface area contributed by atoms with Gasteiger partial charge >= 0.3 is 0 Å². The molecular weight excluding hydrogens is 214 g/mol. The standard InChI is InChI=1S/C14H17NS/c1-11-5-3-4-6-12(11)9-14(15-2)13-7-8-16-10-13/h3-8,10,14-15H,9H2,1-2H3. The summed E-state index contributed by atoms with van der Waals surface area (Å²) in [6.45, 7) is 2.18. The summed E-state index contributed by atoms with van der Waals surface area (Å²) in [7, 11) is 2.03. The van der Waals surface area contributed by atoms with Gasteiger partial charge < -0.3 is 5.32 Å². The first-order valence-electron chi connectivity index (χ1n) is 5.55. The summed E-state index contributed by atoms with van der Waals surface area (Å²) < 4.78 is 0. The van der Waals surface area contributed by atoms with Gasteiger partial charge in [-0.25, -0.2) is 0 Å². The van der Waals surface area contributed by atoms with E-state index in [-0.39, 0.29) is 0 Å². The second-order valence-electron chi connectivity index (χ2n) is 4.03. The third-order valence-electron chi connectivity index (χ3n) is 2.98. The van der Waals surface area contributed by atoms with Gasteiger partial charge in [-0.3, -0.25) is 0 Å². The minimum Gasteiger partial charge on any atom is -0.313 e. The Morgan fingerprint density at radius 1 is 1.25 bits per heavy atom. The topological polar surface area (TPSA) is 12.0 Å². The minimum atomic E-state index is 0.423. The number of aryl methyl sites for hydroxylation is 1. The van der Waals surface area contributed by atoms with E-state index in [1.54, 1.807) is 11.3 Å². The highest BCUT2D eigenvalue weighted by Gasteiger charge is 2.11. The molecule has 0 aliphatic carbocycles. The van der Waals surface area contributed by atoms with Gasteiger partial charge in [0.05, 0.1) is 0 Å². The van der Waals surface area contributed by atoms with Crippen LogP contribution < -0.4 is 5.32 Å². The second kappa shape index (κ2) is 5.28. The molecule has 1 atom stereocenters. The molecule has 1 aromatic heterocycles. The lowest BCUT2D eigenvalue weighted by atomic mass is 9.98. The monoisotopic (exact) mass is 231 g/mol. The highest BCUT2D eigenvalue weighted by Crippen LogP contribution is 2.21. The maximum atomic E-state index is 3.39. The van der Waals surface area contributed by atoms with Crippen molar-refractivity contribution >= 4 is 11.3 Å². The first-order valence-corrected chi connectivity index (χ1v) is 6.49. The van der Waals surface area contributed by atoms with Crippen molar-refractivity contribution in [1.29, 1.82) is 0 Å². The SMILES string of the molecule is CNC(Cc1ccccc1C)c1ccsc1. The van der Waals surface area contributed by atoms with Crippen molar-refractivity contribution < 1.29 is 0 Å². The zero-order valence-corrected chi connectivity index (χ0v) is 10.6. The Balaban J connectivity index is 2.17. The number of nitrogens with one attached hydrogen (secondary N) is 1.